The number of likely N-dealkylation sites (tertiary alicyclic amines) is 1. The van der Waals surface area contributed by atoms with Gasteiger partial charge in [-0.2, -0.15) is 4.98 Å². The Bertz CT molecular complexity index is 733. The van der Waals surface area contributed by atoms with Crippen molar-refractivity contribution in [3.05, 3.63) is 47.1 Å². The van der Waals surface area contributed by atoms with Crippen molar-refractivity contribution in [2.24, 2.45) is 0 Å². The largest absolute Gasteiger partial charge is 0.474 e. The summed E-state index contributed by atoms with van der Waals surface area (Å²) in [6.07, 6.45) is 3.12. The van der Waals surface area contributed by atoms with E-state index in [1.165, 1.54) is 7.11 Å². The number of carbonyl (C=O) groups excluding carboxylic acids is 1. The molecule has 0 atom stereocenters. The van der Waals surface area contributed by atoms with Gasteiger partial charge in [-0.05, 0) is 17.7 Å². The van der Waals surface area contributed by atoms with E-state index in [2.05, 4.69) is 15.3 Å². The second kappa shape index (κ2) is 8.71. The number of hydrogen-bond acceptors (Lipinski definition) is 5. The minimum absolute atomic E-state index is 0.0231. The third kappa shape index (κ3) is 4.98. The van der Waals surface area contributed by atoms with E-state index in [0.29, 0.717) is 30.5 Å². The Morgan fingerprint density at radius 2 is 2.00 bits per heavy atom. The van der Waals surface area contributed by atoms with E-state index >= 15 is 0 Å². The van der Waals surface area contributed by atoms with E-state index in [9.17, 15) is 4.79 Å². The number of ether oxygens (including phenoxy) is 2. The van der Waals surface area contributed by atoms with Crippen LogP contribution in [0.2, 0.25) is 5.02 Å². The summed E-state index contributed by atoms with van der Waals surface area (Å²) in [6, 6.07) is 9.34. The normalized spacial score (nSPS) is 14.8. The number of rotatable bonds is 5. The van der Waals surface area contributed by atoms with Crippen LogP contribution in [0.3, 0.4) is 0 Å². The molecule has 0 bridgehead atoms. The van der Waals surface area contributed by atoms with Gasteiger partial charge in [0.15, 0.2) is 0 Å². The maximum absolute atomic E-state index is 12.3. The van der Waals surface area contributed by atoms with Gasteiger partial charge in [-0.25, -0.2) is 9.78 Å². The SMILES string of the molecule is COc1nccc(OC2CCN(C(=O)NCc3ccc(Cl)cc3)CC2)n1. The van der Waals surface area contributed by atoms with Crippen LogP contribution in [0.1, 0.15) is 18.4 Å². The Hall–Kier alpha value is -2.54. The highest BCUT2D eigenvalue weighted by Gasteiger charge is 2.24. The number of urea groups is 1. The fourth-order valence-electron chi connectivity index (χ4n) is 2.73. The topological polar surface area (TPSA) is 76.6 Å². The molecule has 0 radical (unpaired) electrons. The molecule has 1 aliphatic heterocycles. The van der Waals surface area contributed by atoms with Crippen molar-refractivity contribution >= 4 is 17.6 Å². The average Bonchev–Trinajstić information content (AvgIpc) is 2.68. The fraction of sp³-hybridized carbons (Fsp3) is 0.389. The Morgan fingerprint density at radius 1 is 1.27 bits per heavy atom. The van der Waals surface area contributed by atoms with Gasteiger partial charge in [0.2, 0.25) is 5.88 Å². The number of halogens is 1. The van der Waals surface area contributed by atoms with Crippen LogP contribution in [-0.2, 0) is 6.54 Å². The fourth-order valence-corrected chi connectivity index (χ4v) is 2.85. The lowest BCUT2D eigenvalue weighted by Gasteiger charge is -2.31. The van der Waals surface area contributed by atoms with Gasteiger partial charge in [0.25, 0.3) is 0 Å². The number of benzene rings is 1. The molecule has 0 saturated carbocycles. The van der Waals surface area contributed by atoms with Crippen molar-refractivity contribution in [1.82, 2.24) is 20.2 Å². The summed E-state index contributed by atoms with van der Waals surface area (Å²) in [6.45, 7) is 1.76. The number of nitrogens with one attached hydrogen (secondary N) is 1. The highest BCUT2D eigenvalue weighted by molar-refractivity contribution is 6.30. The standard InChI is InChI=1S/C18H21ClN4O3/c1-25-17-20-9-6-16(22-17)26-15-7-10-23(11-8-15)18(24)21-12-13-2-4-14(19)5-3-13/h2-6,9,15H,7-8,10-12H2,1H3,(H,21,24). The average molecular weight is 377 g/mol. The summed E-state index contributed by atoms with van der Waals surface area (Å²) < 4.78 is 10.9. The zero-order chi connectivity index (χ0) is 18.4. The van der Waals surface area contributed by atoms with Crippen LogP contribution in [0, 0.1) is 0 Å². The number of carbonyl (C=O) groups is 1. The van der Waals surface area contributed by atoms with E-state index in [4.69, 9.17) is 21.1 Å². The first-order valence-electron chi connectivity index (χ1n) is 8.45. The van der Waals surface area contributed by atoms with Crippen molar-refractivity contribution in [1.29, 1.82) is 0 Å². The Labute approximate surface area is 157 Å². The number of nitrogens with zero attached hydrogens (tertiary/aromatic N) is 3. The minimum atomic E-state index is -0.0675. The van der Waals surface area contributed by atoms with Crippen LogP contribution in [0.25, 0.3) is 0 Å². The maximum Gasteiger partial charge on any atom is 0.319 e. The molecule has 1 aromatic carbocycles. The molecule has 0 spiro atoms. The van der Waals surface area contributed by atoms with Gasteiger partial charge < -0.3 is 19.7 Å². The van der Waals surface area contributed by atoms with Crippen molar-refractivity contribution < 1.29 is 14.3 Å². The summed E-state index contributed by atoms with van der Waals surface area (Å²) >= 11 is 5.86. The Kier molecular flexibility index (Phi) is 6.12. The zero-order valence-electron chi connectivity index (χ0n) is 14.5. The van der Waals surface area contributed by atoms with Gasteiger partial charge in [-0.3, -0.25) is 0 Å². The van der Waals surface area contributed by atoms with Crippen LogP contribution in [-0.4, -0.2) is 47.2 Å². The van der Waals surface area contributed by atoms with Crippen molar-refractivity contribution in [3.8, 4) is 11.9 Å². The van der Waals surface area contributed by atoms with Crippen molar-refractivity contribution in [2.75, 3.05) is 20.2 Å². The lowest BCUT2D eigenvalue weighted by atomic mass is 10.1. The monoisotopic (exact) mass is 376 g/mol. The second-order valence-electron chi connectivity index (χ2n) is 5.97. The highest BCUT2D eigenvalue weighted by Crippen LogP contribution is 2.18. The maximum atomic E-state index is 12.3. The highest BCUT2D eigenvalue weighted by atomic mass is 35.5. The van der Waals surface area contributed by atoms with Gasteiger partial charge in [-0.15, -0.1) is 0 Å². The molecule has 138 valence electrons. The third-order valence-corrected chi connectivity index (χ3v) is 4.42. The molecule has 1 N–H and O–H groups in total. The van der Waals surface area contributed by atoms with Crippen LogP contribution >= 0.6 is 11.6 Å². The zero-order valence-corrected chi connectivity index (χ0v) is 15.3. The molecular formula is C18H21ClN4O3. The van der Waals surface area contributed by atoms with Gasteiger partial charge in [0.1, 0.15) is 6.10 Å². The van der Waals surface area contributed by atoms with E-state index in [0.717, 1.165) is 18.4 Å². The van der Waals surface area contributed by atoms with Crippen LogP contribution in [0.4, 0.5) is 4.79 Å². The predicted molar refractivity (Wildman–Crippen MR) is 97.5 cm³/mol. The smallest absolute Gasteiger partial charge is 0.319 e. The first kappa shape index (κ1) is 18.3. The summed E-state index contributed by atoms with van der Waals surface area (Å²) in [4.78, 5) is 22.2. The van der Waals surface area contributed by atoms with Gasteiger partial charge >= 0.3 is 12.0 Å². The molecule has 0 aliphatic carbocycles. The summed E-state index contributed by atoms with van der Waals surface area (Å²) in [5.41, 5.74) is 1.01. The molecule has 8 heteroatoms. The molecule has 2 aromatic rings. The molecule has 26 heavy (non-hydrogen) atoms. The molecule has 2 heterocycles. The summed E-state index contributed by atoms with van der Waals surface area (Å²) in [7, 11) is 1.51. The number of hydrogen-bond donors (Lipinski definition) is 1. The molecule has 2 amide bonds. The van der Waals surface area contributed by atoms with Crippen LogP contribution < -0.4 is 14.8 Å². The molecule has 3 rings (SSSR count). The number of methoxy groups -OCH3 is 1. The van der Waals surface area contributed by atoms with Gasteiger partial charge in [-0.1, -0.05) is 23.7 Å². The number of amides is 2. The van der Waals surface area contributed by atoms with Gasteiger partial charge in [0, 0.05) is 49.8 Å². The van der Waals surface area contributed by atoms with Crippen LogP contribution in [0.5, 0.6) is 11.9 Å². The first-order chi connectivity index (χ1) is 12.6. The molecule has 0 unspecified atom stereocenters. The van der Waals surface area contributed by atoms with E-state index in [-0.39, 0.29) is 18.1 Å². The van der Waals surface area contributed by atoms with Gasteiger partial charge in [0.05, 0.1) is 7.11 Å². The second-order valence-corrected chi connectivity index (χ2v) is 6.41. The van der Waals surface area contributed by atoms with Crippen molar-refractivity contribution in [3.63, 3.8) is 0 Å². The number of aromatic nitrogens is 2. The summed E-state index contributed by atoms with van der Waals surface area (Å²) in [5.74, 6) is 0.488. The number of piperidine rings is 1. The quantitative estimate of drug-likeness (QED) is 0.868. The molecule has 7 nitrogen and oxygen atoms in total. The lowest BCUT2D eigenvalue weighted by molar-refractivity contribution is 0.106. The predicted octanol–water partition coefficient (Wildman–Crippen LogP) is 2.89. The molecule has 1 aromatic heterocycles. The molecule has 1 fully saturated rings. The van der Waals surface area contributed by atoms with Crippen LogP contribution in [0.15, 0.2) is 36.5 Å². The van der Waals surface area contributed by atoms with E-state index in [1.807, 2.05) is 24.3 Å². The molecular weight excluding hydrogens is 356 g/mol. The van der Waals surface area contributed by atoms with Crippen molar-refractivity contribution in [2.45, 2.75) is 25.5 Å². The first-order valence-corrected chi connectivity index (χ1v) is 8.83. The lowest BCUT2D eigenvalue weighted by Crippen LogP contribution is -2.46. The van der Waals surface area contributed by atoms with E-state index in [1.54, 1.807) is 17.2 Å². The van der Waals surface area contributed by atoms with E-state index < -0.39 is 0 Å². The Balaban J connectivity index is 1.43. The molecule has 1 saturated heterocycles. The molecule has 1 aliphatic rings. The Morgan fingerprint density at radius 3 is 2.69 bits per heavy atom. The summed E-state index contributed by atoms with van der Waals surface area (Å²) in [5, 5.41) is 3.62. The third-order valence-electron chi connectivity index (χ3n) is 4.16. The minimum Gasteiger partial charge on any atom is -0.474 e.